The highest BCUT2D eigenvalue weighted by Crippen LogP contribution is 2.44. The van der Waals surface area contributed by atoms with Crippen molar-refractivity contribution >= 4 is 22.7 Å². The van der Waals surface area contributed by atoms with Crippen molar-refractivity contribution in [3.63, 3.8) is 0 Å². The van der Waals surface area contributed by atoms with Crippen LogP contribution in [0.15, 0.2) is 54.7 Å². The molecular weight excluding hydrogens is 424 g/mol. The van der Waals surface area contributed by atoms with Crippen LogP contribution < -0.4 is 5.32 Å². The van der Waals surface area contributed by atoms with Crippen molar-refractivity contribution in [1.82, 2.24) is 19.7 Å². The Morgan fingerprint density at radius 2 is 1.62 bits per heavy atom. The maximum Gasteiger partial charge on any atom is 0.254 e. The van der Waals surface area contributed by atoms with Gasteiger partial charge in [-0.1, -0.05) is 50.2 Å². The van der Waals surface area contributed by atoms with Gasteiger partial charge in [-0.2, -0.15) is 0 Å². The molecule has 1 aliphatic rings. The monoisotopic (exact) mass is 460 g/mol. The molecule has 1 aromatic heterocycles. The average Bonchev–Trinajstić information content (AvgIpc) is 3.17. The van der Waals surface area contributed by atoms with Crippen molar-refractivity contribution in [3.8, 4) is 0 Å². The molecule has 0 spiro atoms. The summed E-state index contributed by atoms with van der Waals surface area (Å²) in [5.41, 5.74) is 3.51. The van der Waals surface area contributed by atoms with Crippen molar-refractivity contribution in [1.29, 1.82) is 0 Å². The van der Waals surface area contributed by atoms with Gasteiger partial charge in [0.25, 0.3) is 5.91 Å². The Kier molecular flexibility index (Phi) is 7.37. The molecule has 4 rings (SSSR count). The van der Waals surface area contributed by atoms with E-state index in [-0.39, 0.29) is 17.9 Å². The lowest BCUT2D eigenvalue weighted by Crippen LogP contribution is -2.46. The number of likely N-dealkylation sites (N-methyl/N-ethyl adjacent to an activating group) is 1. The molecule has 180 valence electrons. The number of carbonyl (C=O) groups is 2. The maximum atomic E-state index is 13.8. The molecule has 1 aliphatic heterocycles. The fraction of sp³-hybridized carbons (Fsp3) is 0.429. The van der Waals surface area contributed by atoms with Crippen LogP contribution in [-0.4, -0.2) is 59.4 Å². The molecular formula is C28H36N4O2. The fourth-order valence-corrected chi connectivity index (χ4v) is 5.37. The number of hydrogen-bond donors (Lipinski definition) is 1. The highest BCUT2D eigenvalue weighted by atomic mass is 16.2. The molecule has 2 aromatic carbocycles. The summed E-state index contributed by atoms with van der Waals surface area (Å²) < 4.78 is 2.08. The predicted molar refractivity (Wildman–Crippen MR) is 137 cm³/mol. The zero-order valence-corrected chi connectivity index (χ0v) is 20.8. The largest absolute Gasteiger partial charge is 0.354 e. The Morgan fingerprint density at radius 1 is 0.941 bits per heavy atom. The third-order valence-corrected chi connectivity index (χ3v) is 6.92. The third kappa shape index (κ3) is 4.47. The first-order chi connectivity index (χ1) is 16.5. The van der Waals surface area contributed by atoms with E-state index in [1.165, 1.54) is 0 Å². The summed E-state index contributed by atoms with van der Waals surface area (Å²) in [4.78, 5) is 31.2. The predicted octanol–water partition coefficient (Wildman–Crippen LogP) is 4.33. The summed E-state index contributed by atoms with van der Waals surface area (Å²) in [6.07, 6.45) is 4.26. The zero-order chi connectivity index (χ0) is 24.2. The molecule has 0 radical (unpaired) electrons. The van der Waals surface area contributed by atoms with Gasteiger partial charge in [0.15, 0.2) is 0 Å². The molecule has 2 heterocycles. The normalized spacial score (nSPS) is 17.9. The smallest absolute Gasteiger partial charge is 0.254 e. The number of amides is 2. The Morgan fingerprint density at radius 3 is 2.35 bits per heavy atom. The summed E-state index contributed by atoms with van der Waals surface area (Å²) in [5.74, 6) is -0.553. The molecule has 1 N–H and O–H groups in total. The number of hydrogen-bond acceptors (Lipinski definition) is 3. The SMILES string of the molecule is CCCN(CCC)CCNC(=O)C1c2ccccc2C(=O)N(C)C1c1cn(C)c2ccccc12. The molecule has 2 unspecified atom stereocenters. The molecule has 6 heteroatoms. The lowest BCUT2D eigenvalue weighted by molar-refractivity contribution is -0.124. The van der Waals surface area contributed by atoms with Crippen LogP contribution in [0.3, 0.4) is 0 Å². The van der Waals surface area contributed by atoms with E-state index in [9.17, 15) is 9.59 Å². The number of nitrogens with zero attached hydrogens (tertiary/aromatic N) is 3. The second-order valence-electron chi connectivity index (χ2n) is 9.27. The first kappa shape index (κ1) is 24.0. The molecule has 2 amide bonds. The number of nitrogens with one attached hydrogen (secondary N) is 1. The molecule has 0 fully saturated rings. The van der Waals surface area contributed by atoms with Crippen molar-refractivity contribution in [3.05, 3.63) is 71.4 Å². The molecule has 3 aromatic rings. The number of aryl methyl sites for hydroxylation is 1. The van der Waals surface area contributed by atoms with E-state index in [0.29, 0.717) is 12.1 Å². The van der Waals surface area contributed by atoms with E-state index >= 15 is 0 Å². The van der Waals surface area contributed by atoms with Crippen LogP contribution in [-0.2, 0) is 11.8 Å². The average molecular weight is 461 g/mol. The van der Waals surface area contributed by atoms with E-state index < -0.39 is 5.92 Å². The number of carbonyl (C=O) groups excluding carboxylic acids is 2. The second-order valence-corrected chi connectivity index (χ2v) is 9.27. The molecule has 34 heavy (non-hydrogen) atoms. The number of para-hydroxylation sites is 1. The topological polar surface area (TPSA) is 57.6 Å². The maximum absolute atomic E-state index is 13.8. The van der Waals surface area contributed by atoms with Crippen molar-refractivity contribution in [2.75, 3.05) is 33.2 Å². The Labute approximate surface area is 202 Å². The van der Waals surface area contributed by atoms with Gasteiger partial charge < -0.3 is 19.7 Å². The van der Waals surface area contributed by atoms with Gasteiger partial charge in [-0.05, 0) is 43.6 Å². The van der Waals surface area contributed by atoms with E-state index in [1.54, 1.807) is 4.90 Å². The van der Waals surface area contributed by atoms with Gasteiger partial charge in [-0.25, -0.2) is 0 Å². The zero-order valence-electron chi connectivity index (χ0n) is 20.8. The highest BCUT2D eigenvalue weighted by molar-refractivity contribution is 6.02. The molecule has 0 aliphatic carbocycles. The minimum atomic E-state index is -0.476. The van der Waals surface area contributed by atoms with Crippen molar-refractivity contribution < 1.29 is 9.59 Å². The van der Waals surface area contributed by atoms with Gasteiger partial charge in [0.2, 0.25) is 5.91 Å². The van der Waals surface area contributed by atoms with Crippen LogP contribution in [0.1, 0.15) is 60.1 Å². The Balaban J connectivity index is 1.70. The number of rotatable bonds is 9. The lowest BCUT2D eigenvalue weighted by Gasteiger charge is -2.39. The molecule has 0 saturated heterocycles. The van der Waals surface area contributed by atoms with Crippen LogP contribution in [0.4, 0.5) is 0 Å². The lowest BCUT2D eigenvalue weighted by atomic mass is 9.79. The second kappa shape index (κ2) is 10.4. The van der Waals surface area contributed by atoms with Crippen molar-refractivity contribution in [2.24, 2.45) is 7.05 Å². The van der Waals surface area contributed by atoms with Crippen LogP contribution in [0.2, 0.25) is 0 Å². The van der Waals surface area contributed by atoms with Crippen LogP contribution >= 0.6 is 0 Å². The van der Waals surface area contributed by atoms with Gasteiger partial charge in [0, 0.05) is 55.4 Å². The third-order valence-electron chi connectivity index (χ3n) is 6.92. The van der Waals surface area contributed by atoms with E-state index in [2.05, 4.69) is 47.0 Å². The quantitative estimate of drug-likeness (QED) is 0.517. The molecule has 0 saturated carbocycles. The van der Waals surface area contributed by atoms with Crippen LogP contribution in [0.25, 0.3) is 10.9 Å². The first-order valence-electron chi connectivity index (χ1n) is 12.4. The van der Waals surface area contributed by atoms with Crippen LogP contribution in [0.5, 0.6) is 0 Å². The summed E-state index contributed by atoms with van der Waals surface area (Å²) in [5, 5.41) is 4.28. The summed E-state index contributed by atoms with van der Waals surface area (Å²) >= 11 is 0. The van der Waals surface area contributed by atoms with E-state index in [0.717, 1.165) is 54.5 Å². The molecule has 2 atom stereocenters. The number of aromatic nitrogens is 1. The summed E-state index contributed by atoms with van der Waals surface area (Å²) in [7, 11) is 3.82. The van der Waals surface area contributed by atoms with Gasteiger partial charge >= 0.3 is 0 Å². The first-order valence-corrected chi connectivity index (χ1v) is 12.4. The van der Waals surface area contributed by atoms with E-state index in [4.69, 9.17) is 0 Å². The van der Waals surface area contributed by atoms with Crippen molar-refractivity contribution in [2.45, 2.75) is 38.6 Å². The summed E-state index contributed by atoms with van der Waals surface area (Å²) in [6, 6.07) is 15.3. The van der Waals surface area contributed by atoms with Crippen LogP contribution in [0, 0.1) is 0 Å². The minimum absolute atomic E-state index is 0.0299. The minimum Gasteiger partial charge on any atom is -0.354 e. The highest BCUT2D eigenvalue weighted by Gasteiger charge is 2.43. The fourth-order valence-electron chi connectivity index (χ4n) is 5.37. The number of benzene rings is 2. The molecule has 6 nitrogen and oxygen atoms in total. The summed E-state index contributed by atoms with van der Waals surface area (Å²) in [6.45, 7) is 7.86. The van der Waals surface area contributed by atoms with Gasteiger partial charge in [0.05, 0.1) is 12.0 Å². The number of fused-ring (bicyclic) bond motifs is 2. The Bertz CT molecular complexity index is 1160. The standard InChI is InChI=1S/C28H36N4O2/c1-5-16-32(17-6-2)18-15-29-27(33)25-21-12-7-8-13-22(21)28(34)31(4)26(25)23-19-30(3)24-14-10-9-11-20(23)24/h7-14,19,25-26H,5-6,15-18H2,1-4H3,(H,29,33). The Hall–Kier alpha value is -3.12. The molecule has 0 bridgehead atoms. The van der Waals surface area contributed by atoms with E-state index in [1.807, 2.05) is 50.5 Å². The van der Waals surface area contributed by atoms with Gasteiger partial charge in [0.1, 0.15) is 0 Å². The van der Waals surface area contributed by atoms with Gasteiger partial charge in [-0.3, -0.25) is 9.59 Å². The van der Waals surface area contributed by atoms with Gasteiger partial charge in [-0.15, -0.1) is 0 Å².